The quantitative estimate of drug-likeness (QED) is 0.623. The van der Waals surface area contributed by atoms with Gasteiger partial charge in [0.05, 0.1) is 0 Å². The lowest BCUT2D eigenvalue weighted by Gasteiger charge is -2.23. The number of hydrogen-bond donors (Lipinski definition) is 0. The molecule has 15 heavy (non-hydrogen) atoms. The lowest BCUT2D eigenvalue weighted by Crippen LogP contribution is -2.29. The van der Waals surface area contributed by atoms with Crippen LogP contribution < -0.4 is 0 Å². The van der Waals surface area contributed by atoms with Crippen LogP contribution in [0, 0.1) is 0 Å². The van der Waals surface area contributed by atoms with E-state index in [0.717, 1.165) is 6.04 Å². The average molecular weight is 278 g/mol. The molecule has 0 aromatic carbocycles. The van der Waals surface area contributed by atoms with E-state index >= 15 is 0 Å². The van der Waals surface area contributed by atoms with Gasteiger partial charge in [-0.05, 0) is 39.3 Å². The van der Waals surface area contributed by atoms with Crippen LogP contribution in [0.15, 0.2) is 0 Å². The topological polar surface area (TPSA) is 3.24 Å². The number of nitrogens with zero attached hydrogens (tertiary/aromatic N) is 1. The molecule has 0 spiro atoms. The normalized spacial score (nSPS) is 18.8. The Bertz CT molecular complexity index is 132. The van der Waals surface area contributed by atoms with E-state index in [1.54, 1.807) is 0 Å². The van der Waals surface area contributed by atoms with Crippen LogP contribution in [0.3, 0.4) is 0 Å². The number of hydrogen-bond acceptors (Lipinski definition) is 1. The first-order valence-corrected chi connectivity index (χ1v) is 6.58. The van der Waals surface area contributed by atoms with Crippen molar-refractivity contribution < 1.29 is 0 Å². The Kier molecular flexibility index (Phi) is 9.93. The van der Waals surface area contributed by atoms with E-state index in [0.29, 0.717) is 0 Å². The summed E-state index contributed by atoms with van der Waals surface area (Å²) in [5.74, 6) is 0. The third kappa shape index (κ3) is 6.57. The minimum Gasteiger partial charge on any atom is -0.301 e. The highest BCUT2D eigenvalue weighted by molar-refractivity contribution is 8.93. The fourth-order valence-corrected chi connectivity index (χ4v) is 2.41. The summed E-state index contributed by atoms with van der Waals surface area (Å²) in [6.07, 6.45) is 11.4. The van der Waals surface area contributed by atoms with E-state index in [9.17, 15) is 0 Å². The van der Waals surface area contributed by atoms with Crippen LogP contribution in [0.1, 0.15) is 65.2 Å². The first-order valence-electron chi connectivity index (χ1n) is 6.58. The molecule has 0 aromatic heterocycles. The molecule has 1 aliphatic rings. The van der Waals surface area contributed by atoms with Crippen LogP contribution in [0.5, 0.6) is 0 Å². The van der Waals surface area contributed by atoms with Gasteiger partial charge in [0.25, 0.3) is 0 Å². The summed E-state index contributed by atoms with van der Waals surface area (Å²) in [4.78, 5) is 2.67. The Morgan fingerprint density at radius 2 is 1.60 bits per heavy atom. The van der Waals surface area contributed by atoms with Gasteiger partial charge in [-0.25, -0.2) is 0 Å². The fourth-order valence-electron chi connectivity index (χ4n) is 2.41. The van der Waals surface area contributed by atoms with Crippen molar-refractivity contribution in [1.29, 1.82) is 0 Å². The number of rotatable bonds is 7. The van der Waals surface area contributed by atoms with Crippen LogP contribution in [0.4, 0.5) is 0 Å². The van der Waals surface area contributed by atoms with E-state index in [1.807, 2.05) is 0 Å². The van der Waals surface area contributed by atoms with Crippen LogP contribution in [-0.2, 0) is 0 Å². The van der Waals surface area contributed by atoms with Crippen molar-refractivity contribution >= 4 is 17.0 Å². The molecule has 0 amide bonds. The van der Waals surface area contributed by atoms with Crippen molar-refractivity contribution in [2.45, 2.75) is 71.3 Å². The van der Waals surface area contributed by atoms with Crippen LogP contribution in [-0.4, -0.2) is 24.0 Å². The first-order chi connectivity index (χ1) is 6.84. The van der Waals surface area contributed by atoms with Gasteiger partial charge < -0.3 is 4.90 Å². The Labute approximate surface area is 106 Å². The van der Waals surface area contributed by atoms with Crippen molar-refractivity contribution in [2.24, 2.45) is 0 Å². The second-order valence-corrected chi connectivity index (χ2v) is 4.79. The van der Waals surface area contributed by atoms with Gasteiger partial charge in [-0.2, -0.15) is 0 Å². The van der Waals surface area contributed by atoms with Crippen molar-refractivity contribution in [2.75, 3.05) is 13.1 Å². The minimum absolute atomic E-state index is 0. The van der Waals surface area contributed by atoms with Crippen LogP contribution in [0.25, 0.3) is 0 Å². The maximum Gasteiger partial charge on any atom is 0.00669 e. The minimum atomic E-state index is 0. The summed E-state index contributed by atoms with van der Waals surface area (Å²) < 4.78 is 0. The Morgan fingerprint density at radius 1 is 1.00 bits per heavy atom. The Balaban J connectivity index is 0.00000196. The second-order valence-electron chi connectivity index (χ2n) is 4.79. The van der Waals surface area contributed by atoms with Gasteiger partial charge in [0, 0.05) is 6.04 Å². The Morgan fingerprint density at radius 3 is 2.20 bits per heavy atom. The molecule has 0 aliphatic carbocycles. The van der Waals surface area contributed by atoms with E-state index in [-0.39, 0.29) is 17.0 Å². The van der Waals surface area contributed by atoms with Crippen molar-refractivity contribution in [3.8, 4) is 0 Å². The molecule has 0 aromatic rings. The lowest BCUT2D eigenvalue weighted by molar-refractivity contribution is 0.242. The number of unbranched alkanes of at least 4 members (excludes halogenated alkanes) is 4. The molecule has 0 N–H and O–H groups in total. The molecule has 1 aliphatic heterocycles. The highest BCUT2D eigenvalue weighted by atomic mass is 79.9. The third-order valence-corrected chi connectivity index (χ3v) is 3.49. The molecule has 1 rings (SSSR count). The maximum absolute atomic E-state index is 2.67. The average Bonchev–Trinajstić information content (AvgIpc) is 2.70. The lowest BCUT2D eigenvalue weighted by atomic mass is 10.1. The summed E-state index contributed by atoms with van der Waals surface area (Å²) in [5.41, 5.74) is 0. The predicted octanol–water partition coefficient (Wildman–Crippen LogP) is 4.41. The smallest absolute Gasteiger partial charge is 0.00669 e. The van der Waals surface area contributed by atoms with Gasteiger partial charge in [0.15, 0.2) is 0 Å². The molecule has 0 bridgehead atoms. The van der Waals surface area contributed by atoms with E-state index in [1.165, 1.54) is 64.5 Å². The van der Waals surface area contributed by atoms with Crippen molar-refractivity contribution in [3.63, 3.8) is 0 Å². The van der Waals surface area contributed by atoms with Crippen molar-refractivity contribution in [1.82, 2.24) is 4.90 Å². The van der Waals surface area contributed by atoms with Gasteiger partial charge >= 0.3 is 0 Å². The van der Waals surface area contributed by atoms with E-state index in [2.05, 4.69) is 18.7 Å². The molecular formula is C13H28BrN. The van der Waals surface area contributed by atoms with E-state index in [4.69, 9.17) is 0 Å². The molecule has 1 nitrogen and oxygen atoms in total. The van der Waals surface area contributed by atoms with Crippen LogP contribution in [0.2, 0.25) is 0 Å². The van der Waals surface area contributed by atoms with Gasteiger partial charge in [-0.15, -0.1) is 17.0 Å². The zero-order valence-corrected chi connectivity index (χ0v) is 12.2. The molecule has 1 heterocycles. The zero-order chi connectivity index (χ0) is 10.2. The summed E-state index contributed by atoms with van der Waals surface area (Å²) >= 11 is 0. The molecule has 1 atom stereocenters. The predicted molar refractivity (Wildman–Crippen MR) is 74.0 cm³/mol. The summed E-state index contributed by atoms with van der Waals surface area (Å²) in [7, 11) is 0. The van der Waals surface area contributed by atoms with Gasteiger partial charge in [0.2, 0.25) is 0 Å². The van der Waals surface area contributed by atoms with E-state index < -0.39 is 0 Å². The number of likely N-dealkylation sites (tertiary alicyclic amines) is 1. The second kappa shape index (κ2) is 9.65. The SMILES string of the molecule is Br.CCCCCCCC(C)N1CCCC1. The molecular weight excluding hydrogens is 250 g/mol. The molecule has 1 saturated heterocycles. The molecule has 0 saturated carbocycles. The third-order valence-electron chi connectivity index (χ3n) is 3.49. The summed E-state index contributed by atoms with van der Waals surface area (Å²) in [6.45, 7) is 7.41. The highest BCUT2D eigenvalue weighted by Crippen LogP contribution is 2.16. The summed E-state index contributed by atoms with van der Waals surface area (Å²) in [5, 5.41) is 0. The molecule has 92 valence electrons. The molecule has 2 heteroatoms. The number of halogens is 1. The molecule has 0 radical (unpaired) electrons. The fraction of sp³-hybridized carbons (Fsp3) is 1.00. The monoisotopic (exact) mass is 277 g/mol. The first kappa shape index (κ1) is 15.4. The summed E-state index contributed by atoms with van der Waals surface area (Å²) in [6, 6.07) is 0.846. The van der Waals surface area contributed by atoms with Crippen LogP contribution >= 0.6 is 17.0 Å². The Hall–Kier alpha value is 0.440. The highest BCUT2D eigenvalue weighted by Gasteiger charge is 2.16. The van der Waals surface area contributed by atoms with Gasteiger partial charge in [0.1, 0.15) is 0 Å². The zero-order valence-electron chi connectivity index (χ0n) is 10.5. The van der Waals surface area contributed by atoms with Gasteiger partial charge in [-0.3, -0.25) is 0 Å². The van der Waals surface area contributed by atoms with Crippen molar-refractivity contribution in [3.05, 3.63) is 0 Å². The molecule has 1 fully saturated rings. The molecule has 1 unspecified atom stereocenters. The van der Waals surface area contributed by atoms with Gasteiger partial charge in [-0.1, -0.05) is 39.0 Å². The standard InChI is InChI=1S/C13H27N.BrH/c1-3-4-5-6-7-10-13(2)14-11-8-9-12-14;/h13H,3-12H2,1-2H3;1H. The largest absolute Gasteiger partial charge is 0.301 e. The maximum atomic E-state index is 2.67.